The highest BCUT2D eigenvalue weighted by Crippen LogP contribution is 2.06. The van der Waals surface area contributed by atoms with Crippen LogP contribution >= 0.6 is 0 Å². The van der Waals surface area contributed by atoms with Gasteiger partial charge in [0.15, 0.2) is 0 Å². The Labute approximate surface area is 90.0 Å². The molecule has 5 heteroatoms. The lowest BCUT2D eigenvalue weighted by Crippen LogP contribution is -2.53. The number of carbonyl (C=O) groups is 1. The van der Waals surface area contributed by atoms with E-state index in [1.807, 2.05) is 11.8 Å². The summed E-state index contributed by atoms with van der Waals surface area (Å²) < 4.78 is 5.25. The molecule has 1 fully saturated rings. The summed E-state index contributed by atoms with van der Waals surface area (Å²) in [6.45, 7) is 4.60. The Morgan fingerprint density at radius 1 is 1.73 bits per heavy atom. The molecule has 84 valence electrons. The van der Waals surface area contributed by atoms with Crippen LogP contribution in [0, 0.1) is 11.3 Å². The van der Waals surface area contributed by atoms with Gasteiger partial charge in [0.25, 0.3) is 0 Å². The lowest BCUT2D eigenvalue weighted by atomic mass is 10.2. The molecule has 1 amide bonds. The van der Waals surface area contributed by atoms with E-state index in [1.165, 1.54) is 0 Å². The van der Waals surface area contributed by atoms with Gasteiger partial charge >= 0.3 is 0 Å². The monoisotopic (exact) mass is 211 g/mol. The van der Waals surface area contributed by atoms with E-state index >= 15 is 0 Å². The van der Waals surface area contributed by atoms with Crippen LogP contribution in [-0.4, -0.2) is 49.7 Å². The summed E-state index contributed by atoms with van der Waals surface area (Å²) in [7, 11) is 0. The van der Waals surface area contributed by atoms with E-state index in [2.05, 4.69) is 11.4 Å². The van der Waals surface area contributed by atoms with Gasteiger partial charge in [-0.05, 0) is 6.42 Å². The number of hydrogen-bond acceptors (Lipinski definition) is 4. The zero-order valence-corrected chi connectivity index (χ0v) is 9.03. The van der Waals surface area contributed by atoms with Crippen molar-refractivity contribution in [3.8, 4) is 6.07 Å². The van der Waals surface area contributed by atoms with Gasteiger partial charge in [-0.1, -0.05) is 6.92 Å². The quantitative estimate of drug-likeness (QED) is 0.650. The first kappa shape index (κ1) is 12.0. The fraction of sp³-hybridized carbons (Fsp3) is 0.800. The number of amides is 1. The summed E-state index contributed by atoms with van der Waals surface area (Å²) in [5.74, 6) is -0.0354. The highest BCUT2D eigenvalue weighted by molar-refractivity contribution is 5.82. The standard InChI is InChI=1S/C10H17N3O2/c1-2-4-12-10(14)9-8-15-7-6-13(9)5-3-11/h9H,2,4-8H2,1H3,(H,12,14). The van der Waals surface area contributed by atoms with Gasteiger partial charge in [-0.3, -0.25) is 9.69 Å². The molecule has 0 saturated carbocycles. The van der Waals surface area contributed by atoms with Crippen LogP contribution in [0.5, 0.6) is 0 Å². The van der Waals surface area contributed by atoms with Crippen LogP contribution in [0.15, 0.2) is 0 Å². The molecule has 0 bridgehead atoms. The molecule has 15 heavy (non-hydrogen) atoms. The maximum Gasteiger partial charge on any atom is 0.239 e. The molecule has 0 radical (unpaired) electrons. The smallest absolute Gasteiger partial charge is 0.239 e. The van der Waals surface area contributed by atoms with Crippen molar-refractivity contribution in [2.45, 2.75) is 19.4 Å². The number of hydrogen-bond donors (Lipinski definition) is 1. The maximum atomic E-state index is 11.7. The van der Waals surface area contributed by atoms with Crippen LogP contribution in [0.4, 0.5) is 0 Å². The molecule has 0 aromatic rings. The van der Waals surface area contributed by atoms with Crippen molar-refractivity contribution in [3.63, 3.8) is 0 Å². The number of nitrogens with zero attached hydrogens (tertiary/aromatic N) is 2. The Bertz CT molecular complexity index is 250. The molecule has 1 aliphatic rings. The second-order valence-corrected chi connectivity index (χ2v) is 3.51. The van der Waals surface area contributed by atoms with Crippen molar-refractivity contribution in [1.82, 2.24) is 10.2 Å². The predicted molar refractivity (Wildman–Crippen MR) is 55.1 cm³/mol. The van der Waals surface area contributed by atoms with Crippen LogP contribution in [0.2, 0.25) is 0 Å². The largest absolute Gasteiger partial charge is 0.378 e. The average Bonchev–Trinajstić information content (AvgIpc) is 2.27. The Morgan fingerprint density at radius 2 is 2.53 bits per heavy atom. The fourth-order valence-corrected chi connectivity index (χ4v) is 1.53. The van der Waals surface area contributed by atoms with Gasteiger partial charge in [-0.2, -0.15) is 5.26 Å². The van der Waals surface area contributed by atoms with E-state index < -0.39 is 0 Å². The number of nitrogens with one attached hydrogen (secondary N) is 1. The molecule has 0 aromatic heterocycles. The van der Waals surface area contributed by atoms with E-state index in [4.69, 9.17) is 10.00 Å². The Balaban J connectivity index is 2.48. The molecule has 1 rings (SSSR count). The molecule has 1 aliphatic heterocycles. The van der Waals surface area contributed by atoms with E-state index in [-0.39, 0.29) is 18.5 Å². The average molecular weight is 211 g/mol. The van der Waals surface area contributed by atoms with Gasteiger partial charge in [-0.25, -0.2) is 0 Å². The molecule has 0 spiro atoms. The van der Waals surface area contributed by atoms with Crippen LogP contribution in [0.25, 0.3) is 0 Å². The molecule has 1 saturated heterocycles. The highest BCUT2D eigenvalue weighted by atomic mass is 16.5. The van der Waals surface area contributed by atoms with Gasteiger partial charge in [0.2, 0.25) is 5.91 Å². The van der Waals surface area contributed by atoms with Crippen molar-refractivity contribution < 1.29 is 9.53 Å². The molecule has 5 nitrogen and oxygen atoms in total. The first-order valence-corrected chi connectivity index (χ1v) is 5.26. The SMILES string of the molecule is CCCNC(=O)C1COCCN1CC#N. The lowest BCUT2D eigenvalue weighted by Gasteiger charge is -2.32. The molecular formula is C10H17N3O2. The highest BCUT2D eigenvalue weighted by Gasteiger charge is 2.28. The molecule has 0 aliphatic carbocycles. The second kappa shape index (κ2) is 6.38. The van der Waals surface area contributed by atoms with Crippen LogP contribution in [0.3, 0.4) is 0 Å². The summed E-state index contributed by atoms with van der Waals surface area (Å²) in [6, 6.07) is 1.77. The van der Waals surface area contributed by atoms with Crippen molar-refractivity contribution in [2.24, 2.45) is 0 Å². The predicted octanol–water partition coefficient (Wildman–Crippen LogP) is -0.263. The summed E-state index contributed by atoms with van der Waals surface area (Å²) in [6.07, 6.45) is 0.914. The summed E-state index contributed by atoms with van der Waals surface area (Å²) >= 11 is 0. The fourth-order valence-electron chi connectivity index (χ4n) is 1.53. The zero-order chi connectivity index (χ0) is 11.1. The normalized spacial score (nSPS) is 22.0. The van der Waals surface area contributed by atoms with E-state index in [0.29, 0.717) is 26.3 Å². The summed E-state index contributed by atoms with van der Waals surface area (Å²) in [4.78, 5) is 13.6. The van der Waals surface area contributed by atoms with Crippen molar-refractivity contribution in [1.29, 1.82) is 5.26 Å². The third-order valence-electron chi connectivity index (χ3n) is 2.37. The third-order valence-corrected chi connectivity index (χ3v) is 2.37. The molecular weight excluding hydrogens is 194 g/mol. The van der Waals surface area contributed by atoms with E-state index in [9.17, 15) is 4.79 Å². The Hall–Kier alpha value is -1.12. The lowest BCUT2D eigenvalue weighted by molar-refractivity contribution is -0.131. The summed E-state index contributed by atoms with van der Waals surface area (Å²) in [5, 5.41) is 11.5. The topological polar surface area (TPSA) is 65.4 Å². The minimum absolute atomic E-state index is 0.0354. The van der Waals surface area contributed by atoms with Crippen LogP contribution in [-0.2, 0) is 9.53 Å². The minimum Gasteiger partial charge on any atom is -0.378 e. The maximum absolute atomic E-state index is 11.7. The Morgan fingerprint density at radius 3 is 3.20 bits per heavy atom. The van der Waals surface area contributed by atoms with Gasteiger partial charge in [0.1, 0.15) is 6.04 Å². The number of morpholine rings is 1. The third kappa shape index (κ3) is 3.50. The first-order valence-electron chi connectivity index (χ1n) is 5.26. The van der Waals surface area contributed by atoms with Crippen molar-refractivity contribution in [2.75, 3.05) is 32.8 Å². The molecule has 1 N–H and O–H groups in total. The van der Waals surface area contributed by atoms with Gasteiger partial charge in [0.05, 0.1) is 25.8 Å². The summed E-state index contributed by atoms with van der Waals surface area (Å²) in [5.41, 5.74) is 0. The molecule has 1 atom stereocenters. The molecule has 1 heterocycles. The van der Waals surface area contributed by atoms with Crippen LogP contribution in [0.1, 0.15) is 13.3 Å². The molecule has 1 unspecified atom stereocenters. The van der Waals surface area contributed by atoms with Crippen molar-refractivity contribution in [3.05, 3.63) is 0 Å². The molecule has 0 aromatic carbocycles. The zero-order valence-electron chi connectivity index (χ0n) is 9.03. The van der Waals surface area contributed by atoms with Gasteiger partial charge < -0.3 is 10.1 Å². The number of carbonyl (C=O) groups excluding carboxylic acids is 1. The van der Waals surface area contributed by atoms with Crippen molar-refractivity contribution >= 4 is 5.91 Å². The Kier molecular flexibility index (Phi) is 5.08. The van der Waals surface area contributed by atoms with E-state index in [0.717, 1.165) is 6.42 Å². The van der Waals surface area contributed by atoms with Crippen LogP contribution < -0.4 is 5.32 Å². The first-order chi connectivity index (χ1) is 7.29. The van der Waals surface area contributed by atoms with Gasteiger partial charge in [0, 0.05) is 13.1 Å². The minimum atomic E-state index is -0.301. The number of ether oxygens (including phenoxy) is 1. The number of nitriles is 1. The number of rotatable bonds is 4. The van der Waals surface area contributed by atoms with Gasteiger partial charge in [-0.15, -0.1) is 0 Å². The second-order valence-electron chi connectivity index (χ2n) is 3.51. The van der Waals surface area contributed by atoms with E-state index in [1.54, 1.807) is 0 Å².